The SMILES string of the molecule is C[C@@H](OC(C)(C)C)[C@H](NC(=O)CNC(=O)[C@H](CCC(=O)NC(c1ccccc1)(c1ccccc1)c1ccccc1)NC(=O)[C@@H](COC(C)(C)C)NC(=O)[C@H](Cc1cn(C(=O)OC(C)(C)C)cn1)NC(=O)OC(C)(C)C)C(=O)N[C@@H](Cc1ccccc1)C(=O)N[C@H](C(=O)N[C@@H](COC(C)(C)C)C(=O)N[C@@H](CC(=O)OC(C)(C)C)C(=O)N[C@@H](CCCCN)C(=O)O)[C@@H](C)OC(C)(C)C. The number of benzene rings is 4. The maximum atomic E-state index is 15.4. The number of amides is 11. The van der Waals surface area contributed by atoms with Gasteiger partial charge in [-0.25, -0.2) is 23.9 Å². The van der Waals surface area contributed by atoms with E-state index in [-0.39, 0.29) is 31.5 Å². The minimum absolute atomic E-state index is 0.0546. The van der Waals surface area contributed by atoms with Gasteiger partial charge in [0.2, 0.25) is 59.1 Å². The standard InChI is InChI=1S/C95H140N14O22/c1-58(127-90(9,10)11)75(83(119)102-67(50-60-38-28-24-29-39-60)80(116)107-76(59(2)128-91(12,13)14)84(120)104-71(56-126-89(6,7)8)82(118)101-69(52-74(112)129-92(15,16)17)79(115)100-66(85(121)122)46-36-37-49-96)106-73(111)53-97-77(113)65(47-48-72(110)108-95(61-40-30-25-31-41-61,62-42-32-26-33-43-62)63-44-34-27-35-45-63)99-81(117)70(55-125-88(3,4)5)103-78(114)68(105-86(123)130-93(18,19)20)51-64-54-109(57-98-64)87(124)131-94(21,22)23/h24-35,38-45,54,57-59,65-71,75-76H,36-37,46-53,55-56,96H2,1-23H3,(H,97,113)(H,99,117)(H,100,115)(H,101,118)(H,102,119)(H,103,114)(H,104,120)(H,105,123)(H,106,111)(H,107,116)(H,108,110)(H,121,122)/t58-,59-,65+,66+,67+,68+,69+,70-,71+,75+,76+/m1/s1. The molecule has 5 aromatic rings. The second kappa shape index (κ2) is 49.0. The molecule has 0 bridgehead atoms. The molecule has 11 atom stereocenters. The number of carbonyl (C=O) groups excluding carboxylic acids is 13. The van der Waals surface area contributed by atoms with Crippen molar-refractivity contribution in [1.82, 2.24) is 68.0 Å². The van der Waals surface area contributed by atoms with Gasteiger partial charge < -0.3 is 102 Å². The van der Waals surface area contributed by atoms with Crippen LogP contribution in [0.1, 0.15) is 226 Å². The number of unbranched alkanes of at least 4 members (excludes halogenated alkanes) is 1. The van der Waals surface area contributed by atoms with E-state index in [1.165, 1.54) is 20.0 Å². The summed E-state index contributed by atoms with van der Waals surface area (Å²) in [6.07, 6.45) is -3.67. The van der Waals surface area contributed by atoms with Crippen LogP contribution in [0.2, 0.25) is 0 Å². The molecule has 5 rings (SSSR count). The number of carboxylic acids is 1. The number of rotatable bonds is 45. The third kappa shape index (κ3) is 39.9. The molecule has 0 aliphatic heterocycles. The van der Waals surface area contributed by atoms with Crippen LogP contribution >= 0.6 is 0 Å². The normalized spacial score (nSPS) is 14.7. The average molecular weight is 1830 g/mol. The largest absolute Gasteiger partial charge is 0.480 e. The van der Waals surface area contributed by atoms with Crippen LogP contribution in [0.25, 0.3) is 0 Å². The predicted molar refractivity (Wildman–Crippen MR) is 489 cm³/mol. The van der Waals surface area contributed by atoms with Gasteiger partial charge in [0, 0.05) is 25.5 Å². The van der Waals surface area contributed by atoms with Gasteiger partial charge in [-0.05, 0) is 214 Å². The number of nitrogens with two attached hydrogens (primary N) is 1. The second-order valence-corrected chi connectivity index (χ2v) is 39.0. The Hall–Kier alpha value is -11.7. The zero-order chi connectivity index (χ0) is 98.4. The topological polar surface area (TPSA) is 500 Å². The number of carboxylic acid groups (broad SMARTS) is 1. The first-order chi connectivity index (χ1) is 60.7. The number of hydrogen-bond acceptors (Lipinski definition) is 23. The Morgan fingerprint density at radius 3 is 1.26 bits per heavy atom. The molecular formula is C95H140N14O22. The van der Waals surface area contributed by atoms with Crippen LogP contribution in [-0.4, -0.2) is 230 Å². The molecule has 0 saturated heterocycles. The Labute approximate surface area is 768 Å². The number of esters is 1. The van der Waals surface area contributed by atoms with Crippen LogP contribution in [0.5, 0.6) is 0 Å². The molecule has 0 radical (unpaired) electrons. The van der Waals surface area contributed by atoms with Crippen LogP contribution in [0.15, 0.2) is 134 Å². The molecule has 14 N–H and O–H groups in total. The molecule has 36 heteroatoms. The Morgan fingerprint density at radius 2 is 0.809 bits per heavy atom. The third-order valence-corrected chi connectivity index (χ3v) is 19.1. The molecule has 1 heterocycles. The summed E-state index contributed by atoms with van der Waals surface area (Å²) in [5, 5.41) is 39.4. The zero-order valence-electron chi connectivity index (χ0n) is 80.0. The second-order valence-electron chi connectivity index (χ2n) is 39.0. The molecule has 36 nitrogen and oxygen atoms in total. The van der Waals surface area contributed by atoms with E-state index < -0.39 is 234 Å². The lowest BCUT2D eigenvalue weighted by atomic mass is 9.77. The molecule has 0 unspecified atom stereocenters. The average Bonchev–Trinajstić information content (AvgIpc) is 0.984. The van der Waals surface area contributed by atoms with Crippen molar-refractivity contribution in [3.8, 4) is 0 Å². The van der Waals surface area contributed by atoms with Crippen molar-refractivity contribution in [3.05, 3.63) is 162 Å². The maximum Gasteiger partial charge on any atom is 0.419 e. The number of carbonyl (C=O) groups is 14. The van der Waals surface area contributed by atoms with E-state index in [0.29, 0.717) is 35.1 Å². The highest BCUT2D eigenvalue weighted by atomic mass is 16.6. The molecular weight excluding hydrogens is 1690 g/mol. The van der Waals surface area contributed by atoms with Gasteiger partial charge in [-0.1, -0.05) is 121 Å². The molecule has 0 aliphatic carbocycles. The number of aromatic nitrogens is 2. The van der Waals surface area contributed by atoms with Gasteiger partial charge in [0.15, 0.2) is 0 Å². The Kier molecular flexibility index (Phi) is 41.0. The van der Waals surface area contributed by atoms with Crippen molar-refractivity contribution in [1.29, 1.82) is 0 Å². The van der Waals surface area contributed by atoms with Crippen LogP contribution in [0.4, 0.5) is 9.59 Å². The third-order valence-electron chi connectivity index (χ3n) is 19.1. The lowest BCUT2D eigenvalue weighted by Crippen LogP contribution is -2.64. The Balaban J connectivity index is 1.57. The first kappa shape index (κ1) is 110. The fraction of sp³-hybridized carbons (Fsp3) is 0.568. The molecule has 1 aromatic heterocycles. The Bertz CT molecular complexity index is 4520. The first-order valence-electron chi connectivity index (χ1n) is 44.0. The summed E-state index contributed by atoms with van der Waals surface area (Å²) in [6.45, 7) is 35.7. The van der Waals surface area contributed by atoms with Crippen molar-refractivity contribution in [3.63, 3.8) is 0 Å². The molecule has 0 spiro atoms. The molecule has 722 valence electrons. The number of hydrogen-bond donors (Lipinski definition) is 13. The van der Waals surface area contributed by atoms with E-state index in [4.69, 9.17) is 38.9 Å². The highest BCUT2D eigenvalue weighted by molar-refractivity contribution is 5.99. The molecule has 0 aliphatic rings. The Morgan fingerprint density at radius 1 is 0.405 bits per heavy atom. The van der Waals surface area contributed by atoms with Crippen LogP contribution < -0.4 is 64.2 Å². The van der Waals surface area contributed by atoms with Gasteiger partial charge >= 0.3 is 24.1 Å². The number of nitrogens with one attached hydrogen (secondary N) is 11. The first-order valence-corrected chi connectivity index (χ1v) is 44.0. The molecule has 11 amide bonds. The van der Waals surface area contributed by atoms with Crippen LogP contribution in [0.3, 0.4) is 0 Å². The summed E-state index contributed by atoms with van der Waals surface area (Å²) in [6, 6.07) is 20.7. The minimum atomic E-state index is -1.79. The van der Waals surface area contributed by atoms with Crippen molar-refractivity contribution in [2.75, 3.05) is 26.3 Å². The number of imidazole rings is 1. The van der Waals surface area contributed by atoms with Crippen LogP contribution in [0, 0.1) is 0 Å². The number of aliphatic carboxylic acids is 1. The highest BCUT2D eigenvalue weighted by Crippen LogP contribution is 2.37. The van der Waals surface area contributed by atoms with Crippen molar-refractivity contribution >= 4 is 83.2 Å². The van der Waals surface area contributed by atoms with Crippen molar-refractivity contribution < 1.29 is 105 Å². The molecule has 0 fully saturated rings. The quantitative estimate of drug-likeness (QED) is 0.00792. The summed E-state index contributed by atoms with van der Waals surface area (Å²) in [5.74, 6) is -12.4. The van der Waals surface area contributed by atoms with Gasteiger partial charge in [0.05, 0.1) is 66.5 Å². The van der Waals surface area contributed by atoms with Crippen molar-refractivity contribution in [2.45, 2.75) is 322 Å². The number of alkyl carbamates (subject to hydrolysis) is 1. The zero-order valence-corrected chi connectivity index (χ0v) is 80.0. The van der Waals surface area contributed by atoms with E-state index in [9.17, 15) is 43.5 Å². The van der Waals surface area contributed by atoms with Gasteiger partial charge in [0.25, 0.3) is 0 Å². The van der Waals surface area contributed by atoms with Crippen LogP contribution in [-0.2, 0) is 109 Å². The van der Waals surface area contributed by atoms with E-state index in [1.54, 1.807) is 176 Å². The molecule has 0 saturated carbocycles. The summed E-state index contributed by atoms with van der Waals surface area (Å²) in [5.41, 5.74) is -0.176. The summed E-state index contributed by atoms with van der Waals surface area (Å²) >= 11 is 0. The number of ether oxygens (including phenoxy) is 7. The minimum Gasteiger partial charge on any atom is -0.480 e. The lowest BCUT2D eigenvalue weighted by Gasteiger charge is -2.37. The monoisotopic (exact) mass is 1830 g/mol. The molecule has 4 aromatic carbocycles. The summed E-state index contributed by atoms with van der Waals surface area (Å²) in [4.78, 5) is 207. The van der Waals surface area contributed by atoms with E-state index in [2.05, 4.69) is 63.5 Å². The number of nitrogens with zero attached hydrogens (tertiary/aromatic N) is 2. The van der Waals surface area contributed by atoms with Gasteiger partial charge in [-0.2, -0.15) is 0 Å². The smallest absolute Gasteiger partial charge is 0.419 e. The summed E-state index contributed by atoms with van der Waals surface area (Å²) < 4.78 is 42.4. The van der Waals surface area contributed by atoms with Gasteiger partial charge in [-0.3, -0.25) is 52.7 Å². The highest BCUT2D eigenvalue weighted by Gasteiger charge is 2.43. The fourth-order valence-electron chi connectivity index (χ4n) is 13.4. The fourth-order valence-corrected chi connectivity index (χ4v) is 13.4. The van der Waals surface area contributed by atoms with Gasteiger partial charge in [-0.15, -0.1) is 0 Å². The van der Waals surface area contributed by atoms with E-state index in [0.717, 1.165) is 10.9 Å². The lowest BCUT2D eigenvalue weighted by molar-refractivity contribution is -0.157. The molecule has 131 heavy (non-hydrogen) atoms. The van der Waals surface area contributed by atoms with E-state index >= 15 is 28.8 Å². The summed E-state index contributed by atoms with van der Waals surface area (Å²) in [7, 11) is 0. The van der Waals surface area contributed by atoms with E-state index in [1.807, 2.05) is 91.0 Å². The van der Waals surface area contributed by atoms with Gasteiger partial charge in [0.1, 0.15) is 83.0 Å². The predicted octanol–water partition coefficient (Wildman–Crippen LogP) is 7.21. The van der Waals surface area contributed by atoms with Crippen molar-refractivity contribution in [2.24, 2.45) is 5.73 Å². The maximum absolute atomic E-state index is 15.4.